The Morgan fingerprint density at radius 2 is 1.89 bits per heavy atom. The quantitative estimate of drug-likeness (QED) is 0.834. The van der Waals surface area contributed by atoms with Gasteiger partial charge in [-0.25, -0.2) is 8.42 Å². The SMILES string of the molecule is CC(C)c1nnc(N2CCN(S(=O)(=O)c3ccc4c(c3)CC(=O)N4)CC2)o1. The molecule has 0 radical (unpaired) electrons. The third-order valence-corrected chi connectivity index (χ3v) is 6.67. The van der Waals surface area contributed by atoms with Crippen LogP contribution in [-0.2, 0) is 21.2 Å². The van der Waals surface area contributed by atoms with Gasteiger partial charge in [-0.2, -0.15) is 4.31 Å². The molecule has 27 heavy (non-hydrogen) atoms. The van der Waals surface area contributed by atoms with E-state index < -0.39 is 10.0 Å². The van der Waals surface area contributed by atoms with Crippen LogP contribution in [0.25, 0.3) is 0 Å². The van der Waals surface area contributed by atoms with Crippen molar-refractivity contribution in [3.05, 3.63) is 29.7 Å². The zero-order chi connectivity index (χ0) is 19.2. The van der Waals surface area contributed by atoms with Gasteiger partial charge in [-0.3, -0.25) is 4.79 Å². The summed E-state index contributed by atoms with van der Waals surface area (Å²) in [7, 11) is -3.61. The number of carbonyl (C=O) groups excluding carboxylic acids is 1. The first-order chi connectivity index (χ1) is 12.8. The number of hydrogen-bond donors (Lipinski definition) is 1. The Morgan fingerprint density at radius 3 is 2.56 bits per heavy atom. The van der Waals surface area contributed by atoms with Gasteiger partial charge in [0.25, 0.3) is 0 Å². The number of amides is 1. The lowest BCUT2D eigenvalue weighted by Gasteiger charge is -2.32. The summed E-state index contributed by atoms with van der Waals surface area (Å²) in [4.78, 5) is 13.6. The summed E-state index contributed by atoms with van der Waals surface area (Å²) in [6, 6.07) is 5.20. The molecule has 2 aliphatic rings. The second-order valence-electron chi connectivity index (χ2n) is 7.01. The average molecular weight is 391 g/mol. The van der Waals surface area contributed by atoms with Crippen molar-refractivity contribution in [2.75, 3.05) is 36.4 Å². The molecule has 0 saturated carbocycles. The summed E-state index contributed by atoms with van der Waals surface area (Å²) in [5.74, 6) is 0.601. The summed E-state index contributed by atoms with van der Waals surface area (Å²) in [5.41, 5.74) is 1.40. The largest absolute Gasteiger partial charge is 0.408 e. The Labute approximate surface area is 157 Å². The van der Waals surface area contributed by atoms with Crippen LogP contribution in [0.3, 0.4) is 0 Å². The van der Waals surface area contributed by atoms with Crippen molar-refractivity contribution in [1.29, 1.82) is 0 Å². The van der Waals surface area contributed by atoms with E-state index in [0.717, 1.165) is 0 Å². The normalized spacial score (nSPS) is 18.0. The molecule has 2 aromatic rings. The molecule has 1 N–H and O–H groups in total. The number of anilines is 2. The van der Waals surface area contributed by atoms with Gasteiger partial charge in [0.05, 0.1) is 11.3 Å². The number of benzene rings is 1. The van der Waals surface area contributed by atoms with Crippen LogP contribution in [0, 0.1) is 0 Å². The molecular weight excluding hydrogens is 370 g/mol. The predicted octanol–water partition coefficient (Wildman–Crippen LogP) is 1.20. The van der Waals surface area contributed by atoms with Crippen LogP contribution in [0.4, 0.5) is 11.7 Å². The number of aromatic nitrogens is 2. The molecule has 1 amide bonds. The number of nitrogens with one attached hydrogen (secondary N) is 1. The van der Waals surface area contributed by atoms with Crippen molar-refractivity contribution in [2.24, 2.45) is 0 Å². The monoisotopic (exact) mass is 391 g/mol. The third kappa shape index (κ3) is 3.30. The third-order valence-electron chi connectivity index (χ3n) is 4.77. The van der Waals surface area contributed by atoms with Gasteiger partial charge in [0, 0.05) is 37.8 Å². The second-order valence-corrected chi connectivity index (χ2v) is 8.95. The van der Waals surface area contributed by atoms with Gasteiger partial charge in [0.15, 0.2) is 0 Å². The van der Waals surface area contributed by atoms with Gasteiger partial charge < -0.3 is 14.6 Å². The van der Waals surface area contributed by atoms with Crippen LogP contribution in [0.15, 0.2) is 27.5 Å². The minimum absolute atomic E-state index is 0.117. The number of carbonyl (C=O) groups is 1. The van der Waals surface area contributed by atoms with Gasteiger partial charge in [-0.15, -0.1) is 5.10 Å². The molecule has 2 aliphatic heterocycles. The summed E-state index contributed by atoms with van der Waals surface area (Å²) in [6.45, 7) is 5.56. The van der Waals surface area contributed by atoms with Crippen molar-refractivity contribution < 1.29 is 17.6 Å². The summed E-state index contributed by atoms with van der Waals surface area (Å²) < 4.78 is 33.0. The Bertz CT molecular complexity index is 977. The highest BCUT2D eigenvalue weighted by molar-refractivity contribution is 7.89. The van der Waals surface area contributed by atoms with Crippen LogP contribution in [0.2, 0.25) is 0 Å². The van der Waals surface area contributed by atoms with Crippen LogP contribution < -0.4 is 10.2 Å². The van der Waals surface area contributed by atoms with E-state index in [1.807, 2.05) is 18.7 Å². The Hall–Kier alpha value is -2.46. The van der Waals surface area contributed by atoms with Gasteiger partial charge >= 0.3 is 6.01 Å². The maximum Gasteiger partial charge on any atom is 0.318 e. The molecule has 3 heterocycles. The molecular formula is C17H21N5O4S. The Morgan fingerprint density at radius 1 is 1.15 bits per heavy atom. The highest BCUT2D eigenvalue weighted by Crippen LogP contribution is 2.28. The molecule has 9 nitrogen and oxygen atoms in total. The number of sulfonamides is 1. The minimum atomic E-state index is -3.61. The van der Waals surface area contributed by atoms with Gasteiger partial charge in [-0.05, 0) is 23.8 Å². The average Bonchev–Trinajstić information content (AvgIpc) is 3.27. The second kappa shape index (κ2) is 6.61. The first-order valence-corrected chi connectivity index (χ1v) is 10.3. The summed E-state index contributed by atoms with van der Waals surface area (Å²) in [5, 5.41) is 10.8. The lowest BCUT2D eigenvalue weighted by atomic mass is 10.2. The van der Waals surface area contributed by atoms with Crippen LogP contribution >= 0.6 is 0 Å². The molecule has 144 valence electrons. The fourth-order valence-corrected chi connectivity index (χ4v) is 4.70. The molecule has 0 spiro atoms. The first kappa shape index (κ1) is 17.9. The molecule has 1 aromatic carbocycles. The summed E-state index contributed by atoms with van der Waals surface area (Å²) >= 11 is 0. The van der Waals surface area contributed by atoms with Gasteiger partial charge in [0.1, 0.15) is 0 Å². The maximum absolute atomic E-state index is 13.0. The Balaban J connectivity index is 1.47. The standard InChI is InChI=1S/C17H21N5O4S/c1-11(2)16-19-20-17(26-16)21-5-7-22(8-6-21)27(24,25)13-3-4-14-12(9-13)10-15(23)18-14/h3-4,9,11H,5-8,10H2,1-2H3,(H,18,23). The van der Waals surface area contributed by atoms with Crippen molar-refractivity contribution >= 4 is 27.6 Å². The fraction of sp³-hybridized carbons (Fsp3) is 0.471. The summed E-state index contributed by atoms with van der Waals surface area (Å²) in [6.07, 6.45) is 0.210. The van der Waals surface area contributed by atoms with E-state index in [1.54, 1.807) is 18.2 Å². The van der Waals surface area contributed by atoms with Crippen molar-refractivity contribution in [1.82, 2.24) is 14.5 Å². The number of piperazine rings is 1. The van der Waals surface area contributed by atoms with Gasteiger partial charge in [0.2, 0.25) is 21.8 Å². The lowest BCUT2D eigenvalue weighted by Crippen LogP contribution is -2.48. The van der Waals surface area contributed by atoms with Crippen molar-refractivity contribution in [3.63, 3.8) is 0 Å². The molecule has 1 saturated heterocycles. The molecule has 0 bridgehead atoms. The molecule has 1 aromatic heterocycles. The van der Waals surface area contributed by atoms with Crippen molar-refractivity contribution in [2.45, 2.75) is 31.1 Å². The molecule has 10 heteroatoms. The number of fused-ring (bicyclic) bond motifs is 1. The van der Waals surface area contributed by atoms with Crippen LogP contribution in [0.1, 0.15) is 31.2 Å². The van der Waals surface area contributed by atoms with Crippen LogP contribution in [0.5, 0.6) is 0 Å². The van der Waals surface area contributed by atoms with E-state index in [9.17, 15) is 13.2 Å². The van der Waals surface area contributed by atoms with Crippen LogP contribution in [-0.4, -0.2) is 55.0 Å². The zero-order valence-electron chi connectivity index (χ0n) is 15.2. The lowest BCUT2D eigenvalue weighted by molar-refractivity contribution is -0.115. The topological polar surface area (TPSA) is 109 Å². The minimum Gasteiger partial charge on any atom is -0.408 e. The molecule has 0 unspecified atom stereocenters. The number of nitrogens with zero attached hydrogens (tertiary/aromatic N) is 4. The first-order valence-electron chi connectivity index (χ1n) is 8.86. The van der Waals surface area contributed by atoms with E-state index >= 15 is 0 Å². The number of rotatable bonds is 4. The Kier molecular flexibility index (Phi) is 4.39. The fourth-order valence-electron chi connectivity index (χ4n) is 3.22. The molecule has 0 atom stereocenters. The van der Waals surface area contributed by atoms with Gasteiger partial charge in [-0.1, -0.05) is 18.9 Å². The smallest absolute Gasteiger partial charge is 0.318 e. The highest BCUT2D eigenvalue weighted by atomic mass is 32.2. The van der Waals surface area contributed by atoms with E-state index in [2.05, 4.69) is 15.5 Å². The van der Waals surface area contributed by atoms with E-state index in [4.69, 9.17) is 4.42 Å². The van der Waals surface area contributed by atoms with E-state index in [-0.39, 0.29) is 23.1 Å². The zero-order valence-corrected chi connectivity index (χ0v) is 16.0. The molecule has 0 aliphatic carbocycles. The maximum atomic E-state index is 13.0. The number of hydrogen-bond acceptors (Lipinski definition) is 7. The van der Waals surface area contributed by atoms with E-state index in [1.165, 1.54) is 4.31 Å². The molecule has 1 fully saturated rings. The molecule has 4 rings (SSSR count). The predicted molar refractivity (Wildman–Crippen MR) is 98.1 cm³/mol. The van der Waals surface area contributed by atoms with Crippen molar-refractivity contribution in [3.8, 4) is 0 Å². The highest BCUT2D eigenvalue weighted by Gasteiger charge is 2.31. The van der Waals surface area contributed by atoms with E-state index in [0.29, 0.717) is 49.3 Å².